The first-order valence-electron chi connectivity index (χ1n) is 8.15. The quantitative estimate of drug-likeness (QED) is 0.840. The molecule has 0 amide bonds. The topological polar surface area (TPSA) is 71.6 Å². The zero-order valence-electron chi connectivity index (χ0n) is 15.1. The number of ether oxygens (including phenoxy) is 1. The zero-order chi connectivity index (χ0) is 17.7. The molecule has 0 bridgehead atoms. The number of hydrogen-bond donors (Lipinski definition) is 1. The molecule has 0 fully saturated rings. The SMILES string of the molecule is Cc1cccc(OCC(O)CN(Cc2nnc(C)o2)C(C)(C)C)c1. The lowest BCUT2D eigenvalue weighted by Gasteiger charge is -2.35. The summed E-state index contributed by atoms with van der Waals surface area (Å²) in [5.41, 5.74) is 0.984. The minimum absolute atomic E-state index is 0.146. The molecule has 0 spiro atoms. The van der Waals surface area contributed by atoms with Crippen LogP contribution in [-0.4, -0.2) is 45.0 Å². The molecular formula is C18H27N3O3. The summed E-state index contributed by atoms with van der Waals surface area (Å²) in [5.74, 6) is 1.86. The maximum Gasteiger partial charge on any atom is 0.230 e. The highest BCUT2D eigenvalue weighted by Gasteiger charge is 2.26. The lowest BCUT2D eigenvalue weighted by atomic mass is 10.1. The number of hydrogen-bond acceptors (Lipinski definition) is 6. The predicted octanol–water partition coefficient (Wildman–Crippen LogP) is 2.73. The van der Waals surface area contributed by atoms with E-state index in [2.05, 4.69) is 35.9 Å². The Hall–Kier alpha value is -1.92. The van der Waals surface area contributed by atoms with Gasteiger partial charge in [-0.3, -0.25) is 4.90 Å². The molecule has 0 aliphatic rings. The number of rotatable bonds is 7. The van der Waals surface area contributed by atoms with Crippen LogP contribution in [0.2, 0.25) is 0 Å². The van der Waals surface area contributed by atoms with Crippen LogP contribution in [0.4, 0.5) is 0 Å². The van der Waals surface area contributed by atoms with Crippen molar-refractivity contribution < 1.29 is 14.3 Å². The molecule has 24 heavy (non-hydrogen) atoms. The average Bonchev–Trinajstić information content (AvgIpc) is 2.89. The van der Waals surface area contributed by atoms with E-state index >= 15 is 0 Å². The third-order valence-electron chi connectivity index (χ3n) is 3.71. The number of aliphatic hydroxyl groups is 1. The standard InChI is InChI=1S/C18H27N3O3/c1-13-7-6-8-16(9-13)23-12-15(22)10-21(18(3,4)5)11-17-20-19-14(2)24-17/h6-9,15,22H,10-12H2,1-5H3. The molecule has 1 N–H and O–H groups in total. The Bertz CT molecular complexity index is 649. The minimum atomic E-state index is -0.617. The molecule has 0 radical (unpaired) electrons. The maximum absolute atomic E-state index is 10.4. The van der Waals surface area contributed by atoms with Gasteiger partial charge < -0.3 is 14.3 Å². The Morgan fingerprint density at radius 3 is 2.58 bits per heavy atom. The molecule has 2 aromatic rings. The van der Waals surface area contributed by atoms with Crippen molar-refractivity contribution in [2.24, 2.45) is 0 Å². The van der Waals surface area contributed by atoms with Crippen molar-refractivity contribution in [1.29, 1.82) is 0 Å². The van der Waals surface area contributed by atoms with Crippen molar-refractivity contribution in [2.75, 3.05) is 13.2 Å². The molecule has 6 nitrogen and oxygen atoms in total. The fourth-order valence-corrected chi connectivity index (χ4v) is 2.34. The molecule has 1 aromatic heterocycles. The summed E-state index contributed by atoms with van der Waals surface area (Å²) in [6.07, 6.45) is -0.617. The summed E-state index contributed by atoms with van der Waals surface area (Å²) in [4.78, 5) is 2.10. The summed E-state index contributed by atoms with van der Waals surface area (Å²) in [5, 5.41) is 18.3. The summed E-state index contributed by atoms with van der Waals surface area (Å²) >= 11 is 0. The lowest BCUT2D eigenvalue weighted by Crippen LogP contribution is -2.46. The highest BCUT2D eigenvalue weighted by molar-refractivity contribution is 5.27. The number of aliphatic hydroxyl groups excluding tert-OH is 1. The Kier molecular flexibility index (Phi) is 5.96. The average molecular weight is 333 g/mol. The van der Waals surface area contributed by atoms with Crippen LogP contribution < -0.4 is 4.74 Å². The molecule has 0 aliphatic heterocycles. The van der Waals surface area contributed by atoms with Gasteiger partial charge in [0.15, 0.2) is 0 Å². The second-order valence-corrected chi connectivity index (χ2v) is 7.05. The predicted molar refractivity (Wildman–Crippen MR) is 91.9 cm³/mol. The molecule has 2 rings (SSSR count). The second kappa shape index (κ2) is 7.77. The smallest absolute Gasteiger partial charge is 0.230 e. The molecular weight excluding hydrogens is 306 g/mol. The van der Waals surface area contributed by atoms with Gasteiger partial charge >= 0.3 is 0 Å². The number of nitrogens with zero attached hydrogens (tertiary/aromatic N) is 3. The highest BCUT2D eigenvalue weighted by Crippen LogP contribution is 2.18. The van der Waals surface area contributed by atoms with Crippen LogP contribution in [0.15, 0.2) is 28.7 Å². The van der Waals surface area contributed by atoms with E-state index in [1.165, 1.54) is 0 Å². The first kappa shape index (κ1) is 18.4. The second-order valence-electron chi connectivity index (χ2n) is 7.05. The van der Waals surface area contributed by atoms with Gasteiger partial charge in [-0.05, 0) is 45.4 Å². The third-order valence-corrected chi connectivity index (χ3v) is 3.71. The maximum atomic E-state index is 10.4. The van der Waals surface area contributed by atoms with Crippen LogP contribution in [0.5, 0.6) is 5.75 Å². The Balaban J connectivity index is 1.93. The molecule has 0 saturated carbocycles. The zero-order valence-corrected chi connectivity index (χ0v) is 15.1. The molecule has 1 heterocycles. The van der Waals surface area contributed by atoms with E-state index in [9.17, 15) is 5.11 Å². The van der Waals surface area contributed by atoms with Crippen molar-refractivity contribution in [3.63, 3.8) is 0 Å². The van der Waals surface area contributed by atoms with Gasteiger partial charge in [0.25, 0.3) is 0 Å². The fourth-order valence-electron chi connectivity index (χ4n) is 2.34. The van der Waals surface area contributed by atoms with Gasteiger partial charge in [0, 0.05) is 19.0 Å². The van der Waals surface area contributed by atoms with Crippen molar-refractivity contribution in [3.05, 3.63) is 41.6 Å². The summed E-state index contributed by atoms with van der Waals surface area (Å²) in [6.45, 7) is 11.2. The van der Waals surface area contributed by atoms with Gasteiger partial charge in [-0.15, -0.1) is 10.2 Å². The van der Waals surface area contributed by atoms with E-state index in [0.717, 1.165) is 11.3 Å². The van der Waals surface area contributed by atoms with Gasteiger partial charge in [-0.1, -0.05) is 12.1 Å². The number of aryl methyl sites for hydroxylation is 2. The van der Waals surface area contributed by atoms with E-state index < -0.39 is 6.10 Å². The molecule has 1 aromatic carbocycles. The van der Waals surface area contributed by atoms with E-state index in [1.54, 1.807) is 6.92 Å². The number of β-amino-alcohol motifs (C(OH)–C–C–N with tert-alkyl or cyclic N) is 1. The van der Waals surface area contributed by atoms with Crippen molar-refractivity contribution in [2.45, 2.75) is 52.8 Å². The van der Waals surface area contributed by atoms with Crippen molar-refractivity contribution in [3.8, 4) is 5.75 Å². The number of aromatic nitrogens is 2. The molecule has 1 atom stereocenters. The fraction of sp³-hybridized carbons (Fsp3) is 0.556. The van der Waals surface area contributed by atoms with Crippen LogP contribution in [0.1, 0.15) is 38.1 Å². The molecule has 1 unspecified atom stereocenters. The summed E-state index contributed by atoms with van der Waals surface area (Å²) in [6, 6.07) is 7.80. The molecule has 132 valence electrons. The Labute approximate surface area is 143 Å². The Morgan fingerprint density at radius 2 is 2.00 bits per heavy atom. The van der Waals surface area contributed by atoms with Crippen LogP contribution in [0, 0.1) is 13.8 Å². The van der Waals surface area contributed by atoms with Gasteiger partial charge in [0.1, 0.15) is 18.5 Å². The third kappa shape index (κ3) is 5.62. The van der Waals surface area contributed by atoms with Crippen molar-refractivity contribution in [1.82, 2.24) is 15.1 Å². The Morgan fingerprint density at radius 1 is 1.25 bits per heavy atom. The summed E-state index contributed by atoms with van der Waals surface area (Å²) < 4.78 is 11.1. The van der Waals surface area contributed by atoms with Crippen molar-refractivity contribution >= 4 is 0 Å². The van der Waals surface area contributed by atoms with Gasteiger partial charge in [-0.25, -0.2) is 0 Å². The van der Waals surface area contributed by atoms with E-state index in [-0.39, 0.29) is 12.1 Å². The molecule has 0 saturated heterocycles. The van der Waals surface area contributed by atoms with E-state index in [4.69, 9.17) is 9.15 Å². The van der Waals surface area contributed by atoms with Crippen LogP contribution >= 0.6 is 0 Å². The van der Waals surface area contributed by atoms with Crippen LogP contribution in [0.3, 0.4) is 0 Å². The van der Waals surface area contributed by atoms with Gasteiger partial charge in [0.2, 0.25) is 11.8 Å². The number of benzene rings is 1. The lowest BCUT2D eigenvalue weighted by molar-refractivity contribution is 0.0240. The molecule has 0 aliphatic carbocycles. The molecule has 6 heteroatoms. The monoisotopic (exact) mass is 333 g/mol. The first-order chi connectivity index (χ1) is 11.2. The highest BCUT2D eigenvalue weighted by atomic mass is 16.5. The summed E-state index contributed by atoms with van der Waals surface area (Å²) in [7, 11) is 0. The van der Waals surface area contributed by atoms with E-state index in [0.29, 0.717) is 24.9 Å². The van der Waals surface area contributed by atoms with E-state index in [1.807, 2.05) is 31.2 Å². The normalized spacial score (nSPS) is 13.3. The van der Waals surface area contributed by atoms with Crippen LogP contribution in [-0.2, 0) is 6.54 Å². The largest absolute Gasteiger partial charge is 0.491 e. The van der Waals surface area contributed by atoms with Crippen LogP contribution in [0.25, 0.3) is 0 Å². The first-order valence-corrected chi connectivity index (χ1v) is 8.15. The minimum Gasteiger partial charge on any atom is -0.491 e. The van der Waals surface area contributed by atoms with Gasteiger partial charge in [-0.2, -0.15) is 0 Å². The van der Waals surface area contributed by atoms with Gasteiger partial charge in [0.05, 0.1) is 6.54 Å².